The Morgan fingerprint density at radius 3 is 1.30 bits per heavy atom. The van der Waals surface area contributed by atoms with Crippen molar-refractivity contribution in [2.24, 2.45) is 0 Å². The molecule has 0 aromatic carbocycles. The van der Waals surface area contributed by atoms with Gasteiger partial charge in [-0.05, 0) is 0 Å². The van der Waals surface area contributed by atoms with E-state index >= 15 is 0 Å². The third-order valence-electron chi connectivity index (χ3n) is 1.63. The quantitative estimate of drug-likeness (QED) is 0.558. The summed E-state index contributed by atoms with van der Waals surface area (Å²) in [5.41, 5.74) is 0. The lowest BCUT2D eigenvalue weighted by molar-refractivity contribution is 0.343. The lowest BCUT2D eigenvalue weighted by Gasteiger charge is -2.05. The third-order valence-corrected chi connectivity index (χ3v) is 1.63. The summed E-state index contributed by atoms with van der Waals surface area (Å²) in [4.78, 5) is 0. The first-order chi connectivity index (χ1) is 4.91. The van der Waals surface area contributed by atoms with Gasteiger partial charge in [-0.15, -0.1) is 6.58 Å². The van der Waals surface area contributed by atoms with E-state index in [0.29, 0.717) is 0 Å². The maximum absolute atomic E-state index is 7.76. The molecule has 0 aromatic rings. The van der Waals surface area contributed by atoms with Crippen LogP contribution in [0.4, 0.5) is 0 Å². The van der Waals surface area contributed by atoms with Crippen LogP contribution >= 0.6 is 0 Å². The molecule has 0 bridgehead atoms. The van der Waals surface area contributed by atoms with Crippen molar-refractivity contribution < 1.29 is 5.11 Å². The number of hydrogen-bond donors (Lipinski definition) is 1. The Morgan fingerprint density at radius 2 is 1.20 bits per heavy atom. The first-order valence-corrected chi connectivity index (χ1v) is 4.13. The van der Waals surface area contributed by atoms with Gasteiger partial charge in [0.2, 0.25) is 0 Å². The largest absolute Gasteiger partial charge is 0.392 e. The molecule has 1 nitrogen and oxygen atoms in total. The van der Waals surface area contributed by atoms with Gasteiger partial charge >= 0.3 is 0 Å². The fourth-order valence-corrected chi connectivity index (χ4v) is 1.06. The zero-order valence-electron chi connectivity index (χ0n) is 6.68. The summed E-state index contributed by atoms with van der Waals surface area (Å²) in [6.45, 7) is 3.31. The van der Waals surface area contributed by atoms with E-state index in [9.17, 15) is 0 Å². The maximum atomic E-state index is 7.76. The average molecular weight is 142 g/mol. The molecule has 1 aliphatic rings. The highest BCUT2D eigenvalue weighted by Gasteiger charge is 1.95. The van der Waals surface area contributed by atoms with E-state index in [1.54, 1.807) is 0 Å². The van der Waals surface area contributed by atoms with Gasteiger partial charge in [0.1, 0.15) is 0 Å². The average Bonchev–Trinajstić information content (AvgIpc) is 2.08. The molecule has 0 saturated heterocycles. The lowest BCUT2D eigenvalue weighted by Crippen LogP contribution is -1.85. The van der Waals surface area contributed by atoms with E-state index in [1.807, 2.05) is 0 Å². The SMILES string of the molecule is C1CCCCC1.C=CCO. The Labute approximate surface area is 63.8 Å². The molecule has 0 aromatic heterocycles. The van der Waals surface area contributed by atoms with E-state index in [1.165, 1.54) is 44.6 Å². The van der Waals surface area contributed by atoms with Gasteiger partial charge < -0.3 is 5.11 Å². The van der Waals surface area contributed by atoms with Crippen LogP contribution in [0.3, 0.4) is 0 Å². The van der Waals surface area contributed by atoms with Crippen molar-refractivity contribution in [2.45, 2.75) is 38.5 Å². The van der Waals surface area contributed by atoms with E-state index in [4.69, 9.17) is 5.11 Å². The van der Waals surface area contributed by atoms with Gasteiger partial charge in [0.05, 0.1) is 6.61 Å². The number of aliphatic hydroxyl groups excluding tert-OH is 1. The standard InChI is InChI=1S/C6H12.C3H6O/c1-2-4-6-5-3-1;1-2-3-4/h1-6H2;2,4H,1,3H2. The van der Waals surface area contributed by atoms with E-state index in [-0.39, 0.29) is 6.61 Å². The molecule has 60 valence electrons. The summed E-state index contributed by atoms with van der Waals surface area (Å²) in [5.74, 6) is 0. The monoisotopic (exact) mass is 142 g/mol. The minimum Gasteiger partial charge on any atom is -0.392 e. The molecule has 0 amide bonds. The molecule has 10 heavy (non-hydrogen) atoms. The van der Waals surface area contributed by atoms with Crippen LogP contribution < -0.4 is 0 Å². The van der Waals surface area contributed by atoms with Gasteiger partial charge in [0, 0.05) is 0 Å². The topological polar surface area (TPSA) is 20.2 Å². The van der Waals surface area contributed by atoms with Crippen LogP contribution in [0.15, 0.2) is 12.7 Å². The molecule has 0 spiro atoms. The molecule has 1 aliphatic carbocycles. The predicted octanol–water partition coefficient (Wildman–Crippen LogP) is 2.51. The van der Waals surface area contributed by atoms with E-state index < -0.39 is 0 Å². The van der Waals surface area contributed by atoms with Crippen LogP contribution in [-0.4, -0.2) is 11.7 Å². The van der Waals surface area contributed by atoms with Crippen molar-refractivity contribution in [2.75, 3.05) is 6.61 Å². The van der Waals surface area contributed by atoms with E-state index in [0.717, 1.165) is 0 Å². The summed E-state index contributed by atoms with van der Waals surface area (Å²) in [5, 5.41) is 7.76. The Hall–Kier alpha value is -0.300. The van der Waals surface area contributed by atoms with Crippen molar-refractivity contribution in [3.63, 3.8) is 0 Å². The fourth-order valence-electron chi connectivity index (χ4n) is 1.06. The number of hydrogen-bond acceptors (Lipinski definition) is 1. The molecular formula is C9H18O. The van der Waals surface area contributed by atoms with Crippen LogP contribution in [0.25, 0.3) is 0 Å². The van der Waals surface area contributed by atoms with Gasteiger partial charge in [-0.1, -0.05) is 44.6 Å². The Bertz CT molecular complexity index is 53.6. The van der Waals surface area contributed by atoms with Crippen molar-refractivity contribution in [3.05, 3.63) is 12.7 Å². The van der Waals surface area contributed by atoms with E-state index in [2.05, 4.69) is 6.58 Å². The smallest absolute Gasteiger partial charge is 0.0609 e. The number of aliphatic hydroxyl groups is 1. The molecule has 1 fully saturated rings. The highest BCUT2D eigenvalue weighted by Crippen LogP contribution is 2.15. The Kier molecular flexibility index (Phi) is 8.44. The molecule has 1 rings (SSSR count). The third kappa shape index (κ3) is 7.70. The van der Waals surface area contributed by atoms with Crippen molar-refractivity contribution in [1.29, 1.82) is 0 Å². The zero-order chi connectivity index (χ0) is 7.66. The molecule has 1 N–H and O–H groups in total. The van der Waals surface area contributed by atoms with Gasteiger partial charge in [0.25, 0.3) is 0 Å². The van der Waals surface area contributed by atoms with Gasteiger partial charge in [0.15, 0.2) is 0 Å². The summed E-state index contributed by atoms with van der Waals surface area (Å²) in [7, 11) is 0. The van der Waals surface area contributed by atoms with Crippen molar-refractivity contribution >= 4 is 0 Å². The highest BCUT2D eigenvalue weighted by atomic mass is 16.2. The summed E-state index contributed by atoms with van der Waals surface area (Å²) in [6, 6.07) is 0. The summed E-state index contributed by atoms with van der Waals surface area (Å²) >= 11 is 0. The van der Waals surface area contributed by atoms with Crippen LogP contribution in [0.1, 0.15) is 38.5 Å². The van der Waals surface area contributed by atoms with Crippen LogP contribution in [0.2, 0.25) is 0 Å². The van der Waals surface area contributed by atoms with Crippen molar-refractivity contribution in [1.82, 2.24) is 0 Å². The van der Waals surface area contributed by atoms with Gasteiger partial charge in [-0.25, -0.2) is 0 Å². The normalized spacial score (nSPS) is 16.9. The van der Waals surface area contributed by atoms with Crippen molar-refractivity contribution in [3.8, 4) is 0 Å². The minimum atomic E-state index is 0.0833. The molecule has 0 unspecified atom stereocenters. The summed E-state index contributed by atoms with van der Waals surface area (Å²) in [6.07, 6.45) is 10.4. The lowest BCUT2D eigenvalue weighted by atomic mass is 10.0. The zero-order valence-corrected chi connectivity index (χ0v) is 6.68. The molecule has 0 atom stereocenters. The molecule has 0 aliphatic heterocycles. The maximum Gasteiger partial charge on any atom is 0.0609 e. The predicted molar refractivity (Wildman–Crippen MR) is 45.0 cm³/mol. The second-order valence-corrected chi connectivity index (χ2v) is 2.59. The molecule has 0 radical (unpaired) electrons. The first kappa shape index (κ1) is 9.70. The second-order valence-electron chi connectivity index (χ2n) is 2.59. The highest BCUT2D eigenvalue weighted by molar-refractivity contribution is 4.60. The second kappa shape index (κ2) is 8.70. The summed E-state index contributed by atoms with van der Waals surface area (Å²) < 4.78 is 0. The molecule has 1 heteroatoms. The Morgan fingerprint density at radius 1 is 1.00 bits per heavy atom. The molecular weight excluding hydrogens is 124 g/mol. The minimum absolute atomic E-state index is 0.0833. The molecule has 0 heterocycles. The first-order valence-electron chi connectivity index (χ1n) is 4.13. The Balaban J connectivity index is 0.000000180. The van der Waals surface area contributed by atoms with Gasteiger partial charge in [-0.2, -0.15) is 0 Å². The van der Waals surface area contributed by atoms with Crippen LogP contribution in [-0.2, 0) is 0 Å². The van der Waals surface area contributed by atoms with Crippen LogP contribution in [0, 0.1) is 0 Å². The number of rotatable bonds is 1. The molecule has 1 saturated carbocycles. The van der Waals surface area contributed by atoms with Gasteiger partial charge in [-0.3, -0.25) is 0 Å². The van der Waals surface area contributed by atoms with Crippen LogP contribution in [0.5, 0.6) is 0 Å². The fraction of sp³-hybridized carbons (Fsp3) is 0.778.